The van der Waals surface area contributed by atoms with Crippen molar-refractivity contribution in [3.63, 3.8) is 0 Å². The Bertz CT molecular complexity index is 651. The predicted octanol–water partition coefficient (Wildman–Crippen LogP) is 2.63. The van der Waals surface area contributed by atoms with Crippen LogP contribution in [-0.4, -0.2) is 14.5 Å². The molecule has 4 nitrogen and oxygen atoms in total. The number of fused-ring (bicyclic) bond motifs is 1. The second-order valence-electron chi connectivity index (χ2n) is 3.80. The summed E-state index contributed by atoms with van der Waals surface area (Å²) in [6.45, 7) is 3.94. The van der Waals surface area contributed by atoms with E-state index in [1.165, 1.54) is 0 Å². The van der Waals surface area contributed by atoms with Crippen LogP contribution in [0.4, 0.5) is 0 Å². The number of imidazole rings is 1. The van der Waals surface area contributed by atoms with Gasteiger partial charge < -0.3 is 4.42 Å². The van der Waals surface area contributed by atoms with E-state index >= 15 is 0 Å². The first-order valence-electron chi connectivity index (χ1n) is 5.11. The van der Waals surface area contributed by atoms with Crippen LogP contribution in [0.15, 0.2) is 35.1 Å². The van der Waals surface area contributed by atoms with Gasteiger partial charge >= 0.3 is 0 Å². The fraction of sp³-hybridized carbons (Fsp3) is 0.167. The predicted molar refractivity (Wildman–Crippen MR) is 60.6 cm³/mol. The normalized spacial score (nSPS) is 11.1. The van der Waals surface area contributed by atoms with Crippen molar-refractivity contribution < 1.29 is 4.42 Å². The average Bonchev–Trinajstić information content (AvgIpc) is 2.80. The molecule has 0 aliphatic heterocycles. The molecule has 80 valence electrons. The topological polar surface area (TPSA) is 43.9 Å². The van der Waals surface area contributed by atoms with Gasteiger partial charge in [0.1, 0.15) is 11.3 Å². The number of aromatic nitrogens is 3. The lowest BCUT2D eigenvalue weighted by atomic mass is 10.4. The van der Waals surface area contributed by atoms with Crippen molar-refractivity contribution in [3.05, 3.63) is 42.0 Å². The molecule has 3 aromatic heterocycles. The van der Waals surface area contributed by atoms with Gasteiger partial charge in [-0.25, -0.2) is 9.97 Å². The van der Waals surface area contributed by atoms with E-state index in [0.29, 0.717) is 0 Å². The van der Waals surface area contributed by atoms with Crippen LogP contribution < -0.4 is 0 Å². The summed E-state index contributed by atoms with van der Waals surface area (Å²) in [6, 6.07) is 5.80. The van der Waals surface area contributed by atoms with Gasteiger partial charge in [0.25, 0.3) is 0 Å². The van der Waals surface area contributed by atoms with Crippen LogP contribution in [0.25, 0.3) is 17.0 Å². The molecule has 0 aliphatic carbocycles. The molecule has 0 radical (unpaired) electrons. The Labute approximate surface area is 92.6 Å². The van der Waals surface area contributed by atoms with Gasteiger partial charge in [0.05, 0.1) is 6.26 Å². The SMILES string of the molecule is Cc1coc(-n2c(C)nc3cccnc32)c1. The molecule has 16 heavy (non-hydrogen) atoms. The Balaban J connectivity index is 2.34. The van der Waals surface area contributed by atoms with Crippen LogP contribution in [0.3, 0.4) is 0 Å². The van der Waals surface area contributed by atoms with Crippen LogP contribution in [0, 0.1) is 13.8 Å². The standard InChI is InChI=1S/C12H11N3O/c1-8-6-11(16-7-8)15-9(2)14-10-4-3-5-13-12(10)15/h3-7H,1-2H3. The van der Waals surface area contributed by atoms with Gasteiger partial charge in [0, 0.05) is 12.3 Å². The fourth-order valence-corrected chi connectivity index (χ4v) is 1.82. The number of nitrogens with zero attached hydrogens (tertiary/aromatic N) is 3. The zero-order valence-electron chi connectivity index (χ0n) is 9.14. The minimum atomic E-state index is 0.760. The van der Waals surface area contributed by atoms with Crippen molar-refractivity contribution in [1.82, 2.24) is 14.5 Å². The van der Waals surface area contributed by atoms with Gasteiger partial charge in [-0.15, -0.1) is 0 Å². The first-order chi connectivity index (χ1) is 7.75. The number of pyridine rings is 1. The molecule has 3 heterocycles. The van der Waals surface area contributed by atoms with E-state index in [9.17, 15) is 0 Å². The number of aryl methyl sites for hydroxylation is 2. The third-order valence-corrected chi connectivity index (χ3v) is 2.52. The van der Waals surface area contributed by atoms with Gasteiger partial charge in [-0.05, 0) is 31.5 Å². The van der Waals surface area contributed by atoms with Crippen molar-refractivity contribution in [2.45, 2.75) is 13.8 Å². The highest BCUT2D eigenvalue weighted by Crippen LogP contribution is 2.20. The fourth-order valence-electron chi connectivity index (χ4n) is 1.82. The van der Waals surface area contributed by atoms with Crippen molar-refractivity contribution in [2.75, 3.05) is 0 Å². The van der Waals surface area contributed by atoms with Crippen molar-refractivity contribution >= 4 is 11.2 Å². The van der Waals surface area contributed by atoms with Gasteiger partial charge in [-0.1, -0.05) is 0 Å². The molecule has 0 fully saturated rings. The molecule has 0 bridgehead atoms. The highest BCUT2D eigenvalue weighted by atomic mass is 16.3. The summed E-state index contributed by atoms with van der Waals surface area (Å²) in [4.78, 5) is 8.77. The largest absolute Gasteiger partial charge is 0.448 e. The maximum absolute atomic E-state index is 5.48. The summed E-state index contributed by atoms with van der Waals surface area (Å²) in [6.07, 6.45) is 3.49. The molecule has 3 aromatic rings. The second kappa shape index (κ2) is 3.20. The Morgan fingerprint density at radius 3 is 2.94 bits per heavy atom. The summed E-state index contributed by atoms with van der Waals surface area (Å²) < 4.78 is 7.40. The average molecular weight is 213 g/mol. The third-order valence-electron chi connectivity index (χ3n) is 2.52. The van der Waals surface area contributed by atoms with E-state index in [-0.39, 0.29) is 0 Å². The van der Waals surface area contributed by atoms with Crippen molar-refractivity contribution in [1.29, 1.82) is 0 Å². The second-order valence-corrected chi connectivity index (χ2v) is 3.80. The minimum Gasteiger partial charge on any atom is -0.448 e. The lowest BCUT2D eigenvalue weighted by molar-refractivity contribution is 0.537. The van der Waals surface area contributed by atoms with E-state index in [2.05, 4.69) is 9.97 Å². The van der Waals surface area contributed by atoms with E-state index in [1.54, 1.807) is 12.5 Å². The van der Waals surface area contributed by atoms with Crippen LogP contribution in [0.5, 0.6) is 0 Å². The molecule has 3 rings (SSSR count). The van der Waals surface area contributed by atoms with E-state index in [1.807, 2.05) is 36.6 Å². The lowest BCUT2D eigenvalue weighted by Gasteiger charge is -2.00. The van der Waals surface area contributed by atoms with Gasteiger partial charge in [-0.3, -0.25) is 4.57 Å². The zero-order valence-corrected chi connectivity index (χ0v) is 9.14. The highest BCUT2D eigenvalue weighted by Gasteiger charge is 2.11. The molecular weight excluding hydrogens is 202 g/mol. The summed E-state index contributed by atoms with van der Waals surface area (Å²) in [5.74, 6) is 1.64. The van der Waals surface area contributed by atoms with Crippen molar-refractivity contribution in [2.24, 2.45) is 0 Å². The molecule has 0 saturated carbocycles. The van der Waals surface area contributed by atoms with Crippen LogP contribution >= 0.6 is 0 Å². The Kier molecular flexibility index (Phi) is 1.83. The van der Waals surface area contributed by atoms with Gasteiger partial charge in [0.2, 0.25) is 5.88 Å². The molecule has 0 aliphatic rings. The number of rotatable bonds is 1. The maximum Gasteiger partial charge on any atom is 0.206 e. The van der Waals surface area contributed by atoms with E-state index < -0.39 is 0 Å². The Morgan fingerprint density at radius 1 is 1.31 bits per heavy atom. The van der Waals surface area contributed by atoms with E-state index in [4.69, 9.17) is 4.42 Å². The van der Waals surface area contributed by atoms with Crippen molar-refractivity contribution in [3.8, 4) is 5.88 Å². The maximum atomic E-state index is 5.48. The summed E-state index contributed by atoms with van der Waals surface area (Å²) >= 11 is 0. The number of hydrogen-bond acceptors (Lipinski definition) is 3. The molecule has 0 aromatic carbocycles. The Hall–Kier alpha value is -2.10. The molecule has 4 heteroatoms. The quantitative estimate of drug-likeness (QED) is 0.624. The first kappa shape index (κ1) is 9.15. The molecule has 0 amide bonds. The van der Waals surface area contributed by atoms with Crippen LogP contribution in [0.1, 0.15) is 11.4 Å². The lowest BCUT2D eigenvalue weighted by Crippen LogP contribution is -1.95. The molecule has 0 saturated heterocycles. The number of furan rings is 1. The third kappa shape index (κ3) is 1.23. The minimum absolute atomic E-state index is 0.760. The molecule has 0 N–H and O–H groups in total. The van der Waals surface area contributed by atoms with Gasteiger partial charge in [-0.2, -0.15) is 0 Å². The summed E-state index contributed by atoms with van der Waals surface area (Å²) in [5, 5.41) is 0. The van der Waals surface area contributed by atoms with E-state index in [0.717, 1.165) is 28.4 Å². The monoisotopic (exact) mass is 213 g/mol. The number of hydrogen-bond donors (Lipinski definition) is 0. The zero-order chi connectivity index (χ0) is 11.1. The Morgan fingerprint density at radius 2 is 2.19 bits per heavy atom. The van der Waals surface area contributed by atoms with Crippen LogP contribution in [0.2, 0.25) is 0 Å². The summed E-state index contributed by atoms with van der Waals surface area (Å²) in [7, 11) is 0. The smallest absolute Gasteiger partial charge is 0.206 e. The summed E-state index contributed by atoms with van der Waals surface area (Å²) in [5.41, 5.74) is 2.80. The highest BCUT2D eigenvalue weighted by molar-refractivity contribution is 5.73. The molecule has 0 spiro atoms. The molecule has 0 atom stereocenters. The first-order valence-corrected chi connectivity index (χ1v) is 5.11. The molecular formula is C12H11N3O. The molecule has 0 unspecified atom stereocenters. The van der Waals surface area contributed by atoms with Gasteiger partial charge in [0.15, 0.2) is 5.65 Å². The van der Waals surface area contributed by atoms with Crippen LogP contribution in [-0.2, 0) is 0 Å².